The van der Waals surface area contributed by atoms with Gasteiger partial charge in [-0.1, -0.05) is 6.07 Å². The molecule has 1 N–H and O–H groups in total. The molecule has 1 aliphatic rings. The number of anilines is 2. The summed E-state index contributed by atoms with van der Waals surface area (Å²) in [6.45, 7) is 5.79. The van der Waals surface area contributed by atoms with Crippen molar-refractivity contribution in [2.75, 3.05) is 43.4 Å². The van der Waals surface area contributed by atoms with Gasteiger partial charge in [0.15, 0.2) is 0 Å². The molecule has 0 saturated carbocycles. The molecule has 0 aliphatic carbocycles. The van der Waals surface area contributed by atoms with Crippen LogP contribution in [0.5, 0.6) is 0 Å². The summed E-state index contributed by atoms with van der Waals surface area (Å²) in [4.78, 5) is 25.0. The van der Waals surface area contributed by atoms with Crippen LogP contribution in [0.1, 0.15) is 21.6 Å². The lowest BCUT2D eigenvalue weighted by Gasteiger charge is -2.33. The number of likely N-dealkylation sites (N-methyl/N-ethyl adjacent to an activating group) is 1. The number of rotatable bonds is 5. The molecule has 0 radical (unpaired) electrons. The average molecular weight is 522 g/mol. The van der Waals surface area contributed by atoms with Crippen LogP contribution < -0.4 is 10.2 Å². The summed E-state index contributed by atoms with van der Waals surface area (Å²) in [7, 11) is 2.12. The van der Waals surface area contributed by atoms with Crippen LogP contribution >= 0.6 is 0 Å². The highest BCUT2D eigenvalue weighted by atomic mass is 19.4. The number of aryl methyl sites for hydroxylation is 1. The predicted octanol–water partition coefficient (Wildman–Crippen LogP) is 4.66. The molecule has 0 bridgehead atoms. The lowest BCUT2D eigenvalue weighted by molar-refractivity contribution is -0.141. The second-order valence-corrected chi connectivity index (χ2v) is 9.28. The molecule has 0 unspecified atom stereocenters. The average Bonchev–Trinajstić information content (AvgIpc) is 3.40. The highest BCUT2D eigenvalue weighted by Crippen LogP contribution is 2.29. The largest absolute Gasteiger partial charge is 0.433 e. The highest BCUT2D eigenvalue weighted by Gasteiger charge is 2.33. The predicted molar refractivity (Wildman–Crippen MR) is 138 cm³/mol. The number of aromatic nitrogens is 4. The van der Waals surface area contributed by atoms with E-state index in [0.29, 0.717) is 5.69 Å². The molecule has 0 spiro atoms. The van der Waals surface area contributed by atoms with Crippen molar-refractivity contribution in [3.63, 3.8) is 0 Å². The van der Waals surface area contributed by atoms with Crippen molar-refractivity contribution >= 4 is 17.3 Å². The maximum absolute atomic E-state index is 13.0. The van der Waals surface area contributed by atoms with E-state index in [1.807, 2.05) is 25.4 Å². The van der Waals surface area contributed by atoms with Gasteiger partial charge in [0.2, 0.25) is 0 Å². The molecule has 1 amide bonds. The van der Waals surface area contributed by atoms with Crippen molar-refractivity contribution in [1.82, 2.24) is 24.6 Å². The first-order chi connectivity index (χ1) is 18.2. The summed E-state index contributed by atoms with van der Waals surface area (Å²) in [6, 6.07) is 9.31. The number of pyridine rings is 2. The lowest BCUT2D eigenvalue weighted by atomic mass is 10.1. The first-order valence-corrected chi connectivity index (χ1v) is 12.1. The number of amides is 1. The maximum atomic E-state index is 13.0. The standard InChI is InChI=1S/C27H26F3N7O/c1-18-3-4-22(34-26(38)19-5-6-32-25(12-19)27(28,29)30)13-24(18)37-17-21(15-33-37)20-11-23(16-31-14-20)36-9-7-35(2)8-10-36/h3-6,11-17H,7-10H2,1-2H3,(H,34,38). The fourth-order valence-electron chi connectivity index (χ4n) is 4.29. The Morgan fingerprint density at radius 2 is 1.76 bits per heavy atom. The molecule has 1 fully saturated rings. The van der Waals surface area contributed by atoms with Crippen LogP contribution in [-0.2, 0) is 6.18 Å². The van der Waals surface area contributed by atoms with Gasteiger partial charge < -0.3 is 15.1 Å². The quantitative estimate of drug-likeness (QED) is 0.412. The maximum Gasteiger partial charge on any atom is 0.433 e. The first-order valence-electron chi connectivity index (χ1n) is 12.1. The Hall–Kier alpha value is -4.25. The summed E-state index contributed by atoms with van der Waals surface area (Å²) in [5.74, 6) is -0.666. The van der Waals surface area contributed by atoms with Crippen LogP contribution in [-0.4, -0.2) is 63.8 Å². The minimum absolute atomic E-state index is 0.136. The van der Waals surface area contributed by atoms with Crippen LogP contribution in [0.15, 0.2) is 67.4 Å². The normalized spacial score (nSPS) is 14.5. The summed E-state index contributed by atoms with van der Waals surface area (Å²) in [6.07, 6.45) is 3.65. The Morgan fingerprint density at radius 1 is 0.974 bits per heavy atom. The number of benzene rings is 1. The molecular formula is C27H26F3N7O. The molecule has 8 nitrogen and oxygen atoms in total. The Labute approximate surface area is 217 Å². The number of nitrogens with one attached hydrogen (secondary N) is 1. The van der Waals surface area contributed by atoms with Crippen molar-refractivity contribution in [3.8, 4) is 16.8 Å². The van der Waals surface area contributed by atoms with Gasteiger partial charge in [0.1, 0.15) is 5.69 Å². The Balaban J connectivity index is 1.36. The van der Waals surface area contributed by atoms with Gasteiger partial charge in [-0.25, -0.2) is 4.68 Å². The third-order valence-corrected chi connectivity index (χ3v) is 6.53. The molecule has 38 heavy (non-hydrogen) atoms. The van der Waals surface area contributed by atoms with Crippen LogP contribution in [0.4, 0.5) is 24.5 Å². The van der Waals surface area contributed by atoms with Gasteiger partial charge in [-0.15, -0.1) is 0 Å². The zero-order valence-electron chi connectivity index (χ0n) is 20.9. The number of halogens is 3. The molecule has 3 aromatic heterocycles. The Bertz CT molecular complexity index is 1460. The third-order valence-electron chi connectivity index (χ3n) is 6.53. The van der Waals surface area contributed by atoms with Crippen LogP contribution in [0.2, 0.25) is 0 Å². The van der Waals surface area contributed by atoms with Crippen LogP contribution in [0, 0.1) is 6.92 Å². The summed E-state index contributed by atoms with van der Waals surface area (Å²) in [5.41, 5.74) is 3.69. The minimum Gasteiger partial charge on any atom is -0.368 e. The summed E-state index contributed by atoms with van der Waals surface area (Å²) >= 11 is 0. The Kier molecular flexibility index (Phi) is 6.85. The minimum atomic E-state index is -4.63. The Morgan fingerprint density at radius 3 is 2.53 bits per heavy atom. The van der Waals surface area contributed by atoms with Crippen molar-refractivity contribution in [2.45, 2.75) is 13.1 Å². The van der Waals surface area contributed by atoms with Crippen molar-refractivity contribution in [3.05, 3.63) is 84.2 Å². The molecule has 1 saturated heterocycles. The second kappa shape index (κ2) is 10.3. The van der Waals surface area contributed by atoms with E-state index in [4.69, 9.17) is 0 Å². The molecule has 4 heterocycles. The third kappa shape index (κ3) is 5.52. The molecule has 0 atom stereocenters. The smallest absolute Gasteiger partial charge is 0.368 e. The highest BCUT2D eigenvalue weighted by molar-refractivity contribution is 6.04. The summed E-state index contributed by atoms with van der Waals surface area (Å²) in [5, 5.41) is 7.18. The zero-order valence-corrected chi connectivity index (χ0v) is 20.9. The number of hydrogen-bond acceptors (Lipinski definition) is 6. The van der Waals surface area contributed by atoms with E-state index in [1.54, 1.807) is 29.2 Å². The molecule has 1 aromatic carbocycles. The van der Waals surface area contributed by atoms with Crippen molar-refractivity contribution in [1.29, 1.82) is 0 Å². The number of carbonyl (C=O) groups excluding carboxylic acids is 1. The van der Waals surface area contributed by atoms with E-state index in [2.05, 4.69) is 43.3 Å². The van der Waals surface area contributed by atoms with Gasteiger partial charge in [-0.05, 0) is 49.9 Å². The molecular weight excluding hydrogens is 495 g/mol. The lowest BCUT2D eigenvalue weighted by Crippen LogP contribution is -2.44. The van der Waals surface area contributed by atoms with E-state index in [0.717, 1.165) is 66.5 Å². The van der Waals surface area contributed by atoms with Crippen LogP contribution in [0.25, 0.3) is 16.8 Å². The monoisotopic (exact) mass is 521 g/mol. The molecule has 196 valence electrons. The fraction of sp³-hybridized carbons (Fsp3) is 0.259. The van der Waals surface area contributed by atoms with Crippen molar-refractivity contribution in [2.24, 2.45) is 0 Å². The van der Waals surface area contributed by atoms with Crippen LogP contribution in [0.3, 0.4) is 0 Å². The van der Waals surface area contributed by atoms with Gasteiger partial charge in [-0.2, -0.15) is 18.3 Å². The van der Waals surface area contributed by atoms with Gasteiger partial charge in [0, 0.05) is 67.1 Å². The zero-order chi connectivity index (χ0) is 26.9. The van der Waals surface area contributed by atoms with E-state index in [9.17, 15) is 18.0 Å². The number of hydrogen-bond donors (Lipinski definition) is 1. The number of carbonyl (C=O) groups is 1. The van der Waals surface area contributed by atoms with E-state index in [1.165, 1.54) is 6.07 Å². The fourth-order valence-corrected chi connectivity index (χ4v) is 4.29. The molecule has 5 rings (SSSR count). The number of piperazine rings is 1. The van der Waals surface area contributed by atoms with E-state index in [-0.39, 0.29) is 5.56 Å². The van der Waals surface area contributed by atoms with Gasteiger partial charge in [0.05, 0.1) is 23.8 Å². The number of alkyl halides is 3. The molecule has 4 aromatic rings. The molecule has 11 heteroatoms. The van der Waals surface area contributed by atoms with Gasteiger partial charge >= 0.3 is 6.18 Å². The number of nitrogens with zero attached hydrogens (tertiary/aromatic N) is 6. The van der Waals surface area contributed by atoms with E-state index >= 15 is 0 Å². The topological polar surface area (TPSA) is 79.2 Å². The van der Waals surface area contributed by atoms with Crippen molar-refractivity contribution < 1.29 is 18.0 Å². The second-order valence-electron chi connectivity index (χ2n) is 9.28. The SMILES string of the molecule is Cc1ccc(NC(=O)c2ccnc(C(F)(F)F)c2)cc1-n1cc(-c2cncc(N3CCN(C)CC3)c2)cn1. The van der Waals surface area contributed by atoms with Gasteiger partial charge in [-0.3, -0.25) is 14.8 Å². The summed E-state index contributed by atoms with van der Waals surface area (Å²) < 4.78 is 40.7. The van der Waals surface area contributed by atoms with Gasteiger partial charge in [0.25, 0.3) is 5.91 Å². The first kappa shape index (κ1) is 25.4. The van der Waals surface area contributed by atoms with E-state index < -0.39 is 17.8 Å². The molecule has 1 aliphatic heterocycles.